The minimum atomic E-state index is -0.355. The Bertz CT molecular complexity index is 541. The normalized spacial score (nSPS) is 9.65. The molecule has 0 bridgehead atoms. The highest BCUT2D eigenvalue weighted by molar-refractivity contribution is 5.45. The van der Waals surface area contributed by atoms with Crippen molar-refractivity contribution in [3.63, 3.8) is 0 Å². The standard InChI is InChI=1S/C15H11FO/c1-2-13-8-9-14(16)10-15(13)17-11-12-6-4-3-5-7-12/h1,3-10H,11H2. The molecule has 1 nitrogen and oxygen atoms in total. The van der Waals surface area contributed by atoms with Crippen molar-refractivity contribution in [3.8, 4) is 18.1 Å². The van der Waals surface area contributed by atoms with E-state index in [2.05, 4.69) is 5.92 Å². The smallest absolute Gasteiger partial charge is 0.138 e. The number of hydrogen-bond donors (Lipinski definition) is 0. The van der Waals surface area contributed by atoms with Crippen LogP contribution in [0.1, 0.15) is 11.1 Å². The predicted molar refractivity (Wildman–Crippen MR) is 65.1 cm³/mol. The average Bonchev–Trinajstić information content (AvgIpc) is 2.38. The van der Waals surface area contributed by atoms with Crippen LogP contribution in [-0.2, 0) is 6.61 Å². The number of halogens is 1. The molecular weight excluding hydrogens is 215 g/mol. The second-order valence-electron chi connectivity index (χ2n) is 3.56. The lowest BCUT2D eigenvalue weighted by atomic mass is 10.2. The van der Waals surface area contributed by atoms with Crippen LogP contribution in [0, 0.1) is 18.2 Å². The van der Waals surface area contributed by atoms with E-state index in [-0.39, 0.29) is 5.82 Å². The Hall–Kier alpha value is -2.27. The largest absolute Gasteiger partial charge is 0.487 e. The van der Waals surface area contributed by atoms with Crippen LogP contribution in [0.4, 0.5) is 4.39 Å². The van der Waals surface area contributed by atoms with Gasteiger partial charge in [0.05, 0.1) is 5.56 Å². The molecule has 0 heterocycles. The van der Waals surface area contributed by atoms with E-state index >= 15 is 0 Å². The summed E-state index contributed by atoms with van der Waals surface area (Å²) in [5.41, 5.74) is 1.57. The van der Waals surface area contributed by atoms with Gasteiger partial charge in [-0.1, -0.05) is 36.3 Å². The van der Waals surface area contributed by atoms with E-state index in [1.807, 2.05) is 30.3 Å². The minimum absolute atomic E-state index is 0.355. The Labute approximate surface area is 99.9 Å². The van der Waals surface area contributed by atoms with Crippen LogP contribution in [0.5, 0.6) is 5.75 Å². The van der Waals surface area contributed by atoms with Gasteiger partial charge in [-0.25, -0.2) is 4.39 Å². The number of hydrogen-bond acceptors (Lipinski definition) is 1. The van der Waals surface area contributed by atoms with Crippen LogP contribution >= 0.6 is 0 Å². The summed E-state index contributed by atoms with van der Waals surface area (Å²) in [5, 5.41) is 0. The molecule has 0 unspecified atom stereocenters. The molecule has 0 atom stereocenters. The van der Waals surface area contributed by atoms with Crippen molar-refractivity contribution in [3.05, 3.63) is 65.5 Å². The SMILES string of the molecule is C#Cc1ccc(F)cc1OCc1ccccc1. The molecule has 0 saturated carbocycles. The van der Waals surface area contributed by atoms with Crippen LogP contribution in [0.3, 0.4) is 0 Å². The van der Waals surface area contributed by atoms with Crippen molar-refractivity contribution in [2.45, 2.75) is 6.61 Å². The van der Waals surface area contributed by atoms with E-state index in [0.29, 0.717) is 17.9 Å². The number of rotatable bonds is 3. The Morgan fingerprint density at radius 3 is 2.59 bits per heavy atom. The zero-order valence-electron chi connectivity index (χ0n) is 9.19. The fraction of sp³-hybridized carbons (Fsp3) is 0.0667. The summed E-state index contributed by atoms with van der Waals surface area (Å²) >= 11 is 0. The highest BCUT2D eigenvalue weighted by Crippen LogP contribution is 2.20. The maximum atomic E-state index is 13.1. The highest BCUT2D eigenvalue weighted by atomic mass is 19.1. The van der Waals surface area contributed by atoms with Crippen molar-refractivity contribution in [1.29, 1.82) is 0 Å². The van der Waals surface area contributed by atoms with Gasteiger partial charge in [0.2, 0.25) is 0 Å². The average molecular weight is 226 g/mol. The quantitative estimate of drug-likeness (QED) is 0.729. The van der Waals surface area contributed by atoms with Gasteiger partial charge in [0, 0.05) is 6.07 Å². The molecule has 0 aromatic heterocycles. The molecule has 0 N–H and O–H groups in total. The Kier molecular flexibility index (Phi) is 3.42. The molecule has 0 spiro atoms. The molecule has 0 aliphatic heterocycles. The first-order chi connectivity index (χ1) is 8.29. The minimum Gasteiger partial charge on any atom is -0.487 e. The topological polar surface area (TPSA) is 9.23 Å². The zero-order valence-corrected chi connectivity index (χ0v) is 9.19. The zero-order chi connectivity index (χ0) is 12.1. The summed E-state index contributed by atoms with van der Waals surface area (Å²) in [6.45, 7) is 0.374. The lowest BCUT2D eigenvalue weighted by Gasteiger charge is -2.08. The monoisotopic (exact) mass is 226 g/mol. The van der Waals surface area contributed by atoms with Crippen molar-refractivity contribution >= 4 is 0 Å². The lowest BCUT2D eigenvalue weighted by molar-refractivity contribution is 0.304. The molecule has 0 aliphatic rings. The number of terminal acetylenes is 1. The van der Waals surface area contributed by atoms with Crippen LogP contribution in [0.15, 0.2) is 48.5 Å². The van der Waals surface area contributed by atoms with E-state index in [4.69, 9.17) is 11.2 Å². The summed E-state index contributed by atoms with van der Waals surface area (Å²) in [4.78, 5) is 0. The Morgan fingerprint density at radius 1 is 1.12 bits per heavy atom. The maximum Gasteiger partial charge on any atom is 0.138 e. The molecule has 2 heteroatoms. The van der Waals surface area contributed by atoms with Gasteiger partial charge in [0.15, 0.2) is 0 Å². The van der Waals surface area contributed by atoms with Crippen molar-refractivity contribution in [2.24, 2.45) is 0 Å². The summed E-state index contributed by atoms with van der Waals surface area (Å²) in [5.74, 6) is 2.51. The molecule has 2 aromatic rings. The first kappa shape index (κ1) is 11.2. The molecule has 2 rings (SSSR count). The molecule has 0 fully saturated rings. The van der Waals surface area contributed by atoms with Crippen LogP contribution in [-0.4, -0.2) is 0 Å². The predicted octanol–water partition coefficient (Wildman–Crippen LogP) is 3.39. The van der Waals surface area contributed by atoms with Gasteiger partial charge in [-0.05, 0) is 17.7 Å². The van der Waals surface area contributed by atoms with Crippen LogP contribution in [0.25, 0.3) is 0 Å². The second-order valence-corrected chi connectivity index (χ2v) is 3.56. The fourth-order valence-electron chi connectivity index (χ4n) is 1.47. The summed E-state index contributed by atoms with van der Waals surface area (Å²) in [6, 6.07) is 13.8. The molecule has 2 aromatic carbocycles. The molecule has 0 amide bonds. The van der Waals surface area contributed by atoms with Gasteiger partial charge in [-0.3, -0.25) is 0 Å². The van der Waals surface area contributed by atoms with Gasteiger partial charge in [-0.15, -0.1) is 6.42 Å². The van der Waals surface area contributed by atoms with Crippen molar-refractivity contribution in [2.75, 3.05) is 0 Å². The van der Waals surface area contributed by atoms with E-state index in [1.54, 1.807) is 0 Å². The summed E-state index contributed by atoms with van der Waals surface area (Å²) < 4.78 is 18.6. The van der Waals surface area contributed by atoms with Gasteiger partial charge in [0.1, 0.15) is 18.2 Å². The molecule has 0 saturated heterocycles. The van der Waals surface area contributed by atoms with Crippen LogP contribution in [0.2, 0.25) is 0 Å². The van der Waals surface area contributed by atoms with Crippen molar-refractivity contribution in [1.82, 2.24) is 0 Å². The maximum absolute atomic E-state index is 13.1. The number of ether oxygens (including phenoxy) is 1. The fourth-order valence-corrected chi connectivity index (χ4v) is 1.47. The summed E-state index contributed by atoms with van der Waals surface area (Å²) in [7, 11) is 0. The molecule has 84 valence electrons. The molecule has 0 aliphatic carbocycles. The van der Waals surface area contributed by atoms with E-state index in [0.717, 1.165) is 5.56 Å². The number of benzene rings is 2. The molecule has 0 radical (unpaired) electrons. The van der Waals surface area contributed by atoms with Gasteiger partial charge in [0.25, 0.3) is 0 Å². The third kappa shape index (κ3) is 2.85. The van der Waals surface area contributed by atoms with Gasteiger partial charge in [-0.2, -0.15) is 0 Å². The highest BCUT2D eigenvalue weighted by Gasteiger charge is 2.03. The first-order valence-corrected chi connectivity index (χ1v) is 5.22. The third-order valence-electron chi connectivity index (χ3n) is 2.34. The van der Waals surface area contributed by atoms with E-state index in [1.165, 1.54) is 18.2 Å². The first-order valence-electron chi connectivity index (χ1n) is 5.22. The van der Waals surface area contributed by atoms with Crippen molar-refractivity contribution < 1.29 is 9.13 Å². The lowest BCUT2D eigenvalue weighted by Crippen LogP contribution is -1.97. The molecule has 17 heavy (non-hydrogen) atoms. The van der Waals surface area contributed by atoms with Gasteiger partial charge < -0.3 is 4.74 Å². The third-order valence-corrected chi connectivity index (χ3v) is 2.34. The molecular formula is C15H11FO. The Morgan fingerprint density at radius 2 is 1.88 bits per heavy atom. The van der Waals surface area contributed by atoms with Crippen LogP contribution < -0.4 is 4.74 Å². The van der Waals surface area contributed by atoms with E-state index < -0.39 is 0 Å². The Balaban J connectivity index is 2.14. The van der Waals surface area contributed by atoms with Gasteiger partial charge >= 0.3 is 0 Å². The second kappa shape index (κ2) is 5.18. The summed E-state index contributed by atoms with van der Waals surface area (Å²) in [6.07, 6.45) is 5.32. The van der Waals surface area contributed by atoms with E-state index in [9.17, 15) is 4.39 Å².